The highest BCUT2D eigenvalue weighted by molar-refractivity contribution is 5.83. The van der Waals surface area contributed by atoms with Gasteiger partial charge in [-0.05, 0) is 62.6 Å². The van der Waals surface area contributed by atoms with Gasteiger partial charge in [-0.3, -0.25) is 9.69 Å². The third kappa shape index (κ3) is 4.10. The number of H-pyrrole nitrogens is 1. The number of tetrazole rings is 1. The second-order valence-corrected chi connectivity index (χ2v) is 10.1. The van der Waals surface area contributed by atoms with Gasteiger partial charge >= 0.3 is 0 Å². The SMILES string of the molecule is CCC(c1nnnn1C(C)(C)C)N(Cc1cc2cc3c(cc2[nH]c1=O)OCO3)C1CCCC1. The summed E-state index contributed by atoms with van der Waals surface area (Å²) in [6, 6.07) is 6.18. The molecule has 33 heavy (non-hydrogen) atoms. The van der Waals surface area contributed by atoms with Crippen molar-refractivity contribution >= 4 is 10.9 Å². The summed E-state index contributed by atoms with van der Waals surface area (Å²) < 4.78 is 12.9. The fourth-order valence-corrected chi connectivity index (χ4v) is 5.13. The molecule has 1 aliphatic heterocycles. The van der Waals surface area contributed by atoms with Crippen molar-refractivity contribution in [1.29, 1.82) is 0 Å². The van der Waals surface area contributed by atoms with Crippen molar-refractivity contribution < 1.29 is 9.47 Å². The maximum Gasteiger partial charge on any atom is 0.252 e. The molecule has 1 fully saturated rings. The molecule has 0 saturated heterocycles. The Morgan fingerprint density at radius 1 is 1.18 bits per heavy atom. The number of nitrogens with one attached hydrogen (secondary N) is 1. The van der Waals surface area contributed by atoms with Crippen LogP contribution in [0.4, 0.5) is 0 Å². The molecule has 9 nitrogen and oxygen atoms in total. The smallest absolute Gasteiger partial charge is 0.252 e. The first-order valence-electron chi connectivity index (χ1n) is 11.8. The van der Waals surface area contributed by atoms with E-state index in [0.717, 1.165) is 41.6 Å². The molecule has 176 valence electrons. The number of nitrogens with zero attached hydrogens (tertiary/aromatic N) is 5. The predicted octanol–water partition coefficient (Wildman–Crippen LogP) is 3.89. The molecular weight excluding hydrogens is 420 g/mol. The summed E-state index contributed by atoms with van der Waals surface area (Å²) in [6.07, 6.45) is 5.52. The summed E-state index contributed by atoms with van der Waals surface area (Å²) in [5.74, 6) is 2.24. The van der Waals surface area contributed by atoms with Crippen LogP contribution in [0.5, 0.6) is 11.5 Å². The third-order valence-electron chi connectivity index (χ3n) is 6.78. The van der Waals surface area contributed by atoms with Gasteiger partial charge in [0.2, 0.25) is 6.79 Å². The summed E-state index contributed by atoms with van der Waals surface area (Å²) in [5.41, 5.74) is 1.19. The highest BCUT2D eigenvalue weighted by atomic mass is 16.7. The minimum atomic E-state index is -0.226. The molecule has 9 heteroatoms. The molecule has 2 aliphatic rings. The molecule has 2 aromatic heterocycles. The van der Waals surface area contributed by atoms with Crippen LogP contribution in [0.3, 0.4) is 0 Å². The first-order valence-corrected chi connectivity index (χ1v) is 11.8. The highest BCUT2D eigenvalue weighted by Crippen LogP contribution is 2.37. The van der Waals surface area contributed by atoms with Crippen LogP contribution in [0.1, 0.15) is 77.2 Å². The van der Waals surface area contributed by atoms with Gasteiger partial charge in [0.25, 0.3) is 5.56 Å². The summed E-state index contributed by atoms with van der Waals surface area (Å²) in [6.45, 7) is 9.24. The summed E-state index contributed by atoms with van der Waals surface area (Å²) in [5, 5.41) is 13.7. The van der Waals surface area contributed by atoms with Gasteiger partial charge in [0.1, 0.15) is 0 Å². The second-order valence-electron chi connectivity index (χ2n) is 10.1. The van der Waals surface area contributed by atoms with Crippen LogP contribution in [0.15, 0.2) is 23.0 Å². The van der Waals surface area contributed by atoms with Gasteiger partial charge < -0.3 is 14.5 Å². The number of aromatic amines is 1. The van der Waals surface area contributed by atoms with Crippen LogP contribution in [0, 0.1) is 0 Å². The number of aromatic nitrogens is 5. The Hall–Kier alpha value is -2.94. The van der Waals surface area contributed by atoms with E-state index in [-0.39, 0.29) is 23.9 Å². The molecule has 3 aromatic rings. The van der Waals surface area contributed by atoms with Gasteiger partial charge in [-0.25, -0.2) is 4.68 Å². The van der Waals surface area contributed by atoms with Crippen LogP contribution in [0.25, 0.3) is 10.9 Å². The highest BCUT2D eigenvalue weighted by Gasteiger charge is 2.34. The average Bonchev–Trinajstić information content (AvgIpc) is 3.53. The Balaban J connectivity index is 1.54. The molecule has 0 spiro atoms. The summed E-state index contributed by atoms with van der Waals surface area (Å²) >= 11 is 0. The molecule has 1 atom stereocenters. The fourth-order valence-electron chi connectivity index (χ4n) is 5.13. The third-order valence-corrected chi connectivity index (χ3v) is 6.78. The minimum absolute atomic E-state index is 0.0224. The Morgan fingerprint density at radius 2 is 1.91 bits per heavy atom. The van der Waals surface area contributed by atoms with E-state index < -0.39 is 0 Å². The molecule has 1 aliphatic carbocycles. The topological polar surface area (TPSA) is 98.2 Å². The Labute approximate surface area is 193 Å². The monoisotopic (exact) mass is 452 g/mol. The lowest BCUT2D eigenvalue weighted by molar-refractivity contribution is 0.108. The molecule has 3 heterocycles. The quantitative estimate of drug-likeness (QED) is 0.606. The van der Waals surface area contributed by atoms with Crippen molar-refractivity contribution in [3.05, 3.63) is 39.9 Å². The van der Waals surface area contributed by atoms with Crippen molar-refractivity contribution in [3.8, 4) is 11.5 Å². The van der Waals surface area contributed by atoms with Crippen LogP contribution in [-0.4, -0.2) is 42.9 Å². The zero-order chi connectivity index (χ0) is 23.2. The zero-order valence-electron chi connectivity index (χ0n) is 19.8. The maximum absolute atomic E-state index is 13.1. The van der Waals surface area contributed by atoms with Gasteiger partial charge in [-0.15, -0.1) is 5.10 Å². The second kappa shape index (κ2) is 8.44. The van der Waals surface area contributed by atoms with Crippen molar-refractivity contribution in [3.63, 3.8) is 0 Å². The van der Waals surface area contributed by atoms with Crippen molar-refractivity contribution in [2.45, 2.75) is 84.0 Å². The summed E-state index contributed by atoms with van der Waals surface area (Å²) in [4.78, 5) is 18.6. The van der Waals surface area contributed by atoms with E-state index in [1.807, 2.05) is 22.9 Å². The van der Waals surface area contributed by atoms with E-state index >= 15 is 0 Å². The van der Waals surface area contributed by atoms with Gasteiger partial charge in [0.05, 0.1) is 17.1 Å². The lowest BCUT2D eigenvalue weighted by Crippen LogP contribution is -2.40. The molecule has 1 N–H and O–H groups in total. The predicted molar refractivity (Wildman–Crippen MR) is 124 cm³/mol. The summed E-state index contributed by atoms with van der Waals surface area (Å²) in [7, 11) is 0. The van der Waals surface area contributed by atoms with E-state index in [9.17, 15) is 4.79 Å². The number of hydrogen-bond acceptors (Lipinski definition) is 7. The van der Waals surface area contributed by atoms with Crippen molar-refractivity contribution in [2.24, 2.45) is 0 Å². The van der Waals surface area contributed by atoms with Crippen LogP contribution in [0.2, 0.25) is 0 Å². The first kappa shape index (κ1) is 21.9. The number of benzene rings is 1. The number of rotatable bonds is 6. The Morgan fingerprint density at radius 3 is 2.61 bits per heavy atom. The number of fused-ring (bicyclic) bond motifs is 2. The van der Waals surface area contributed by atoms with Crippen LogP contribution < -0.4 is 15.0 Å². The average molecular weight is 453 g/mol. The maximum atomic E-state index is 13.1. The lowest BCUT2D eigenvalue weighted by Gasteiger charge is -2.36. The van der Waals surface area contributed by atoms with Gasteiger partial charge in [-0.1, -0.05) is 19.8 Å². The lowest BCUT2D eigenvalue weighted by atomic mass is 10.0. The number of ether oxygens (including phenoxy) is 2. The molecule has 1 saturated carbocycles. The minimum Gasteiger partial charge on any atom is -0.454 e. The van der Waals surface area contributed by atoms with E-state index in [1.165, 1.54) is 12.8 Å². The largest absolute Gasteiger partial charge is 0.454 e. The first-order chi connectivity index (χ1) is 15.8. The standard InChI is InChI=1S/C24H32N6O3/c1-5-19(22-26-27-28-30(22)24(2,3)4)29(17-8-6-7-9-17)13-16-10-15-11-20-21(33-14-32-20)12-18(15)25-23(16)31/h10-12,17,19H,5-9,13-14H2,1-4H3,(H,25,31). The fraction of sp³-hybridized carbons (Fsp3) is 0.583. The molecule has 0 amide bonds. The molecule has 0 bridgehead atoms. The van der Waals surface area contributed by atoms with E-state index in [0.29, 0.717) is 24.1 Å². The molecule has 5 rings (SSSR count). The number of pyridine rings is 1. The van der Waals surface area contributed by atoms with Gasteiger partial charge in [0, 0.05) is 29.6 Å². The normalized spacial score (nSPS) is 17.4. The molecular formula is C24H32N6O3. The van der Waals surface area contributed by atoms with Gasteiger partial charge in [-0.2, -0.15) is 0 Å². The van der Waals surface area contributed by atoms with Crippen molar-refractivity contribution in [2.75, 3.05) is 6.79 Å². The Bertz CT molecular complexity index is 1210. The van der Waals surface area contributed by atoms with Gasteiger partial charge in [0.15, 0.2) is 17.3 Å². The van der Waals surface area contributed by atoms with E-state index in [1.54, 1.807) is 0 Å². The van der Waals surface area contributed by atoms with Crippen LogP contribution in [-0.2, 0) is 12.1 Å². The Kier molecular flexibility index (Phi) is 5.60. The van der Waals surface area contributed by atoms with Crippen molar-refractivity contribution in [1.82, 2.24) is 30.1 Å². The zero-order valence-corrected chi connectivity index (χ0v) is 19.8. The van der Waals surface area contributed by atoms with E-state index in [2.05, 4.69) is 53.1 Å². The number of hydrogen-bond donors (Lipinski definition) is 1. The molecule has 1 aromatic carbocycles. The van der Waals surface area contributed by atoms with E-state index in [4.69, 9.17) is 9.47 Å². The molecule has 0 radical (unpaired) electrons. The van der Waals surface area contributed by atoms with Crippen LogP contribution >= 0.6 is 0 Å². The molecule has 1 unspecified atom stereocenters.